The predicted molar refractivity (Wildman–Crippen MR) is 120 cm³/mol. The Balaban J connectivity index is 1.62. The van der Waals surface area contributed by atoms with Crippen molar-refractivity contribution in [1.82, 2.24) is 25.3 Å². The van der Waals surface area contributed by atoms with Crippen LogP contribution in [0, 0.1) is 0 Å². The van der Waals surface area contributed by atoms with E-state index in [2.05, 4.69) is 70.9 Å². The van der Waals surface area contributed by atoms with Gasteiger partial charge < -0.3 is 5.73 Å². The van der Waals surface area contributed by atoms with E-state index in [1.807, 2.05) is 0 Å². The van der Waals surface area contributed by atoms with Crippen molar-refractivity contribution in [2.24, 2.45) is 0 Å². The van der Waals surface area contributed by atoms with Gasteiger partial charge in [-0.05, 0) is 0 Å². The standard InChI is InChI=1S/C19H17N7O6Se2/c20-19-25-15-14(17(29)26-19)23-11(8-22-15)7-21-10-3-1-9(2-4-10)16(28)24-12(18(30)32-34)5-6-13(27)31-33/h1-4,8,12,21H,5-7H2,(H,24,28)(H3,20,22,25,26,29)/t12-/m0/s1. The van der Waals surface area contributed by atoms with Gasteiger partial charge in [0.15, 0.2) is 11.2 Å². The zero-order valence-electron chi connectivity index (χ0n) is 17.3. The van der Waals surface area contributed by atoms with Crippen LogP contribution in [0.25, 0.3) is 11.2 Å². The Labute approximate surface area is 208 Å². The molecule has 0 unspecified atom stereocenters. The van der Waals surface area contributed by atoms with Crippen molar-refractivity contribution in [3.05, 3.63) is 52.1 Å². The van der Waals surface area contributed by atoms with Gasteiger partial charge in [0.05, 0.1) is 6.20 Å². The van der Waals surface area contributed by atoms with Crippen LogP contribution in [0.5, 0.6) is 0 Å². The molecule has 3 rings (SSSR count). The van der Waals surface area contributed by atoms with Crippen molar-refractivity contribution in [2.45, 2.75) is 25.4 Å². The van der Waals surface area contributed by atoms with Crippen molar-refractivity contribution >= 4 is 73.3 Å². The third kappa shape index (κ3) is 6.51. The van der Waals surface area contributed by atoms with Gasteiger partial charge in [0.1, 0.15) is 0 Å². The number of nitrogens with zero attached hydrogens (tertiary/aromatic N) is 3. The predicted octanol–water partition coefficient (Wildman–Crippen LogP) is -0.961. The summed E-state index contributed by atoms with van der Waals surface area (Å²) < 4.78 is 8.98. The molecule has 1 amide bonds. The Hall–Kier alpha value is -3.51. The third-order valence-electron chi connectivity index (χ3n) is 4.51. The molecule has 2 aromatic heterocycles. The Morgan fingerprint density at radius 1 is 1.12 bits per heavy atom. The molecule has 0 saturated heterocycles. The van der Waals surface area contributed by atoms with E-state index in [0.717, 1.165) is 0 Å². The quantitative estimate of drug-likeness (QED) is 0.222. The summed E-state index contributed by atoms with van der Waals surface area (Å²) in [6.07, 6.45) is 1.38. The fraction of sp³-hybridized carbons (Fsp3) is 0.211. The van der Waals surface area contributed by atoms with Gasteiger partial charge in [-0.25, -0.2) is 9.97 Å². The molecule has 1 atom stereocenters. The van der Waals surface area contributed by atoms with Crippen LogP contribution in [0.4, 0.5) is 11.6 Å². The summed E-state index contributed by atoms with van der Waals surface area (Å²) in [6, 6.07) is 5.38. The molecule has 34 heavy (non-hydrogen) atoms. The number of aromatic amines is 1. The molecule has 0 spiro atoms. The molecule has 0 fully saturated rings. The zero-order valence-corrected chi connectivity index (χ0v) is 20.7. The van der Waals surface area contributed by atoms with Gasteiger partial charge in [-0.1, -0.05) is 0 Å². The molecule has 0 saturated carbocycles. The van der Waals surface area contributed by atoms with Crippen molar-refractivity contribution < 1.29 is 22.0 Å². The molecule has 0 aliphatic carbocycles. The number of aromatic nitrogens is 4. The van der Waals surface area contributed by atoms with Crippen LogP contribution in [-0.2, 0) is 23.8 Å². The Morgan fingerprint density at radius 2 is 1.85 bits per heavy atom. The van der Waals surface area contributed by atoms with Crippen molar-refractivity contribution in [2.75, 3.05) is 11.1 Å². The number of nitrogens with two attached hydrogens (primary N) is 1. The van der Waals surface area contributed by atoms with Crippen LogP contribution >= 0.6 is 0 Å². The number of anilines is 2. The normalized spacial score (nSPS) is 11.5. The number of carbonyl (C=O) groups excluding carboxylic acids is 3. The third-order valence-corrected chi connectivity index (χ3v) is 5.24. The molecular formula is C19H17N7O6Se2. The van der Waals surface area contributed by atoms with Gasteiger partial charge in [-0.3, -0.25) is 9.78 Å². The molecule has 0 aliphatic heterocycles. The number of fused-ring (bicyclic) bond motifs is 1. The second-order valence-corrected chi connectivity index (χ2v) is 7.54. The largest absolute Gasteiger partial charge is 0.291 e. The summed E-state index contributed by atoms with van der Waals surface area (Å²) in [7, 11) is 0. The SMILES string of the molecule is Nc1nc2ncc(CNc3ccc(C(=O)N[C@@H](CCC(=O)O[Se])C(=O)O[Se])cc3)nc2c(=O)[nH]1. The molecule has 176 valence electrons. The van der Waals surface area contributed by atoms with Gasteiger partial charge in [0, 0.05) is 0 Å². The zero-order chi connectivity index (χ0) is 24.7. The molecule has 15 heteroatoms. The fourth-order valence-corrected chi connectivity index (χ4v) is 3.26. The maximum Gasteiger partial charge on any atom is 0.280 e. The van der Waals surface area contributed by atoms with Crippen LogP contribution in [0.3, 0.4) is 0 Å². The first kappa shape index (κ1) is 25.1. The molecule has 5 N–H and O–H groups in total. The van der Waals surface area contributed by atoms with Crippen molar-refractivity contribution in [3.8, 4) is 0 Å². The van der Waals surface area contributed by atoms with Gasteiger partial charge >= 0.3 is 150 Å². The number of nitrogen functional groups attached to an aromatic ring is 1. The molecule has 3 aromatic rings. The second kappa shape index (κ2) is 11.6. The number of amides is 1. The molecule has 1 aromatic carbocycles. The Bertz CT molecular complexity index is 1270. The minimum Gasteiger partial charge on any atom is -0.291 e. The number of H-pyrrole nitrogens is 1. The maximum absolute atomic E-state index is 12.5. The number of hydrogen-bond acceptors (Lipinski definition) is 11. The number of hydrogen-bond donors (Lipinski definition) is 4. The van der Waals surface area contributed by atoms with Crippen LogP contribution in [0.2, 0.25) is 0 Å². The molecule has 0 aliphatic rings. The summed E-state index contributed by atoms with van der Waals surface area (Å²) in [6.45, 7) is 0.254. The second-order valence-electron chi connectivity index (χ2n) is 6.84. The molecule has 13 nitrogen and oxygen atoms in total. The average Bonchev–Trinajstić information content (AvgIpc) is 2.84. The minimum atomic E-state index is -1.04. The summed E-state index contributed by atoms with van der Waals surface area (Å²) in [5, 5.41) is 5.64. The summed E-state index contributed by atoms with van der Waals surface area (Å²) in [5.41, 5.74) is 6.68. The number of carbonyl (C=O) groups is 3. The number of rotatable bonds is 9. The van der Waals surface area contributed by atoms with Crippen LogP contribution < -0.4 is 21.9 Å². The smallest absolute Gasteiger partial charge is 0.280 e. The first-order valence-corrected chi connectivity index (χ1v) is 11.0. The van der Waals surface area contributed by atoms with E-state index in [9.17, 15) is 19.2 Å². The van der Waals surface area contributed by atoms with Crippen LogP contribution in [0.1, 0.15) is 28.9 Å². The van der Waals surface area contributed by atoms with E-state index < -0.39 is 29.4 Å². The molecule has 2 heterocycles. The summed E-state index contributed by atoms with van der Waals surface area (Å²) in [4.78, 5) is 62.3. The van der Waals surface area contributed by atoms with E-state index in [-0.39, 0.29) is 42.1 Å². The van der Waals surface area contributed by atoms with Gasteiger partial charge in [-0.15, -0.1) is 0 Å². The van der Waals surface area contributed by atoms with Crippen molar-refractivity contribution in [3.63, 3.8) is 0 Å². The van der Waals surface area contributed by atoms with Crippen molar-refractivity contribution in [1.29, 1.82) is 0 Å². The Kier molecular flexibility index (Phi) is 8.54. The number of benzene rings is 1. The first-order valence-electron chi connectivity index (χ1n) is 9.63. The van der Waals surface area contributed by atoms with E-state index in [1.54, 1.807) is 24.3 Å². The Morgan fingerprint density at radius 3 is 2.53 bits per heavy atom. The monoisotopic (exact) mass is 599 g/mol. The number of nitrogens with one attached hydrogen (secondary N) is 3. The molecule has 2 radical (unpaired) electrons. The summed E-state index contributed by atoms with van der Waals surface area (Å²) in [5.74, 6) is -1.86. The van der Waals surface area contributed by atoms with E-state index in [1.165, 1.54) is 6.20 Å². The minimum absolute atomic E-state index is 0.00411. The van der Waals surface area contributed by atoms with Gasteiger partial charge in [-0.2, -0.15) is 4.98 Å². The van der Waals surface area contributed by atoms with E-state index in [0.29, 0.717) is 11.4 Å². The van der Waals surface area contributed by atoms with Crippen LogP contribution in [0.15, 0.2) is 35.3 Å². The van der Waals surface area contributed by atoms with Crippen LogP contribution in [-0.4, -0.2) is 76.5 Å². The molecule has 0 bridgehead atoms. The van der Waals surface area contributed by atoms with E-state index >= 15 is 0 Å². The fourth-order valence-electron chi connectivity index (χ4n) is 2.84. The van der Waals surface area contributed by atoms with Gasteiger partial charge in [0.2, 0.25) is 5.95 Å². The summed E-state index contributed by atoms with van der Waals surface area (Å²) >= 11 is 4.24. The average molecular weight is 597 g/mol. The van der Waals surface area contributed by atoms with Gasteiger partial charge in [0.25, 0.3) is 5.56 Å². The van der Waals surface area contributed by atoms with E-state index in [4.69, 9.17) is 5.73 Å². The topological polar surface area (TPSA) is 191 Å². The maximum atomic E-state index is 12.5. The molecular weight excluding hydrogens is 580 g/mol. The first-order chi connectivity index (χ1) is 16.3.